The first-order chi connectivity index (χ1) is 14.8. The highest BCUT2D eigenvalue weighted by atomic mass is 35.5. The third-order valence-corrected chi connectivity index (χ3v) is 7.37. The molecule has 0 unspecified atom stereocenters. The molecule has 0 bridgehead atoms. The van der Waals surface area contributed by atoms with E-state index in [1.165, 1.54) is 40.3 Å². The van der Waals surface area contributed by atoms with Gasteiger partial charge >= 0.3 is 0 Å². The number of hydrogen-bond acceptors (Lipinski definition) is 5. The first-order valence-electron chi connectivity index (χ1n) is 10.9. The molecule has 156 valence electrons. The highest BCUT2D eigenvalue weighted by Gasteiger charge is 2.30. The SMILES string of the molecule is CCCCCCc1nnc2n1-c1sc3c(c1C(c1ccc(Cl)cc1)=NC2)CCNC3. The highest BCUT2D eigenvalue weighted by Crippen LogP contribution is 2.38. The Morgan fingerprint density at radius 1 is 1.13 bits per heavy atom. The lowest BCUT2D eigenvalue weighted by Crippen LogP contribution is -2.23. The standard InChI is InChI=1S/C23H26ClN5S/c1-2-3-4-5-6-19-27-28-20-14-26-22(15-7-9-16(24)10-8-15)21-17-11-12-25-13-18(17)30-23(21)29(19)20/h7-10,25H,2-6,11-14H2,1H3. The minimum absolute atomic E-state index is 0.550. The summed E-state index contributed by atoms with van der Waals surface area (Å²) in [5.41, 5.74) is 4.87. The molecule has 0 amide bonds. The average Bonchev–Trinajstić information content (AvgIpc) is 3.30. The van der Waals surface area contributed by atoms with Crippen LogP contribution in [0.5, 0.6) is 0 Å². The summed E-state index contributed by atoms with van der Waals surface area (Å²) in [5.74, 6) is 2.01. The van der Waals surface area contributed by atoms with Crippen molar-refractivity contribution in [2.75, 3.05) is 6.54 Å². The zero-order valence-corrected chi connectivity index (χ0v) is 18.8. The van der Waals surface area contributed by atoms with Gasteiger partial charge in [-0.25, -0.2) is 0 Å². The Hall–Kier alpha value is -2.02. The summed E-state index contributed by atoms with van der Waals surface area (Å²) in [5, 5.41) is 14.6. The number of benzene rings is 1. The number of halogens is 1. The molecule has 5 nitrogen and oxygen atoms in total. The molecule has 5 rings (SSSR count). The third kappa shape index (κ3) is 3.61. The fraction of sp³-hybridized carbons (Fsp3) is 0.435. The summed E-state index contributed by atoms with van der Waals surface area (Å²) in [6, 6.07) is 8.05. The molecule has 2 aromatic heterocycles. The molecular weight excluding hydrogens is 414 g/mol. The summed E-state index contributed by atoms with van der Waals surface area (Å²) in [7, 11) is 0. The number of nitrogens with one attached hydrogen (secondary N) is 1. The Morgan fingerprint density at radius 2 is 2.00 bits per heavy atom. The number of rotatable bonds is 6. The van der Waals surface area contributed by atoms with E-state index < -0.39 is 0 Å². The molecule has 0 aliphatic carbocycles. The largest absolute Gasteiger partial charge is 0.312 e. The first kappa shape index (κ1) is 19.9. The van der Waals surface area contributed by atoms with Crippen LogP contribution in [0.1, 0.15) is 65.8 Å². The molecule has 0 saturated heterocycles. The number of unbranched alkanes of at least 4 members (excludes halogenated alkanes) is 3. The Kier molecular flexibility index (Phi) is 5.72. The van der Waals surface area contributed by atoms with Gasteiger partial charge in [-0.15, -0.1) is 21.5 Å². The molecular formula is C23H26ClN5S. The Labute approximate surface area is 186 Å². The lowest BCUT2D eigenvalue weighted by Gasteiger charge is -2.15. The van der Waals surface area contributed by atoms with Crippen LogP contribution < -0.4 is 5.32 Å². The maximum Gasteiger partial charge on any atom is 0.160 e. The Bertz CT molecular complexity index is 1080. The third-order valence-electron chi connectivity index (χ3n) is 5.90. The first-order valence-corrected chi connectivity index (χ1v) is 12.0. The van der Waals surface area contributed by atoms with Gasteiger partial charge in [0.15, 0.2) is 5.82 Å². The molecule has 0 radical (unpaired) electrons. The second kappa shape index (κ2) is 8.61. The Balaban J connectivity index is 1.62. The molecule has 4 heterocycles. The second-order valence-electron chi connectivity index (χ2n) is 7.96. The number of fused-ring (bicyclic) bond motifs is 5. The normalized spacial score (nSPS) is 15.2. The van der Waals surface area contributed by atoms with Crippen LogP contribution >= 0.6 is 22.9 Å². The minimum Gasteiger partial charge on any atom is -0.312 e. The summed E-state index contributed by atoms with van der Waals surface area (Å²) in [6.45, 7) is 4.72. The molecule has 7 heteroatoms. The molecule has 0 spiro atoms. The van der Waals surface area contributed by atoms with E-state index in [0.717, 1.165) is 60.3 Å². The number of thiophene rings is 1. The van der Waals surface area contributed by atoms with Crippen molar-refractivity contribution in [1.29, 1.82) is 0 Å². The van der Waals surface area contributed by atoms with Crippen molar-refractivity contribution in [3.05, 3.63) is 62.5 Å². The maximum absolute atomic E-state index is 6.16. The number of aliphatic imine (C=N–C) groups is 1. The fourth-order valence-electron chi connectivity index (χ4n) is 4.36. The molecule has 0 fully saturated rings. The van der Waals surface area contributed by atoms with E-state index in [9.17, 15) is 0 Å². The van der Waals surface area contributed by atoms with Crippen molar-refractivity contribution < 1.29 is 0 Å². The van der Waals surface area contributed by atoms with Crippen LogP contribution in [0.3, 0.4) is 0 Å². The van der Waals surface area contributed by atoms with Gasteiger partial charge in [0, 0.05) is 34.0 Å². The van der Waals surface area contributed by atoms with E-state index in [4.69, 9.17) is 16.6 Å². The predicted octanol–water partition coefficient (Wildman–Crippen LogP) is 5.10. The van der Waals surface area contributed by atoms with Gasteiger partial charge in [0.25, 0.3) is 0 Å². The summed E-state index contributed by atoms with van der Waals surface area (Å²) < 4.78 is 2.30. The van der Waals surface area contributed by atoms with Crippen LogP contribution in [0.25, 0.3) is 5.00 Å². The minimum atomic E-state index is 0.550. The molecule has 2 aliphatic rings. The molecule has 1 N–H and O–H groups in total. The van der Waals surface area contributed by atoms with Crippen LogP contribution in [0.2, 0.25) is 5.02 Å². The van der Waals surface area contributed by atoms with Gasteiger partial charge in [-0.3, -0.25) is 9.56 Å². The average molecular weight is 440 g/mol. The smallest absolute Gasteiger partial charge is 0.160 e. The highest BCUT2D eigenvalue weighted by molar-refractivity contribution is 7.15. The van der Waals surface area contributed by atoms with E-state index >= 15 is 0 Å². The number of aryl methyl sites for hydroxylation is 1. The van der Waals surface area contributed by atoms with Crippen molar-refractivity contribution in [2.45, 2.75) is 58.5 Å². The van der Waals surface area contributed by atoms with E-state index in [1.807, 2.05) is 23.5 Å². The van der Waals surface area contributed by atoms with Crippen molar-refractivity contribution in [3.8, 4) is 5.00 Å². The molecule has 30 heavy (non-hydrogen) atoms. The van der Waals surface area contributed by atoms with Gasteiger partial charge in [-0.05, 0) is 37.1 Å². The van der Waals surface area contributed by atoms with E-state index in [-0.39, 0.29) is 0 Å². The van der Waals surface area contributed by atoms with Gasteiger partial charge in [0.2, 0.25) is 0 Å². The summed E-state index contributed by atoms with van der Waals surface area (Å²) >= 11 is 8.03. The van der Waals surface area contributed by atoms with E-state index in [0.29, 0.717) is 6.54 Å². The predicted molar refractivity (Wildman–Crippen MR) is 123 cm³/mol. The van der Waals surface area contributed by atoms with Gasteiger partial charge in [0.05, 0.1) is 5.71 Å². The molecule has 0 atom stereocenters. The van der Waals surface area contributed by atoms with Gasteiger partial charge in [-0.2, -0.15) is 0 Å². The van der Waals surface area contributed by atoms with Crippen LogP contribution in [-0.4, -0.2) is 27.0 Å². The monoisotopic (exact) mass is 439 g/mol. The summed E-state index contributed by atoms with van der Waals surface area (Å²) in [4.78, 5) is 6.45. The van der Waals surface area contributed by atoms with Crippen LogP contribution in [-0.2, 0) is 25.9 Å². The topological polar surface area (TPSA) is 55.1 Å². The summed E-state index contributed by atoms with van der Waals surface area (Å²) in [6.07, 6.45) is 6.89. The van der Waals surface area contributed by atoms with Crippen LogP contribution in [0.4, 0.5) is 0 Å². The van der Waals surface area contributed by atoms with Gasteiger partial charge in [-0.1, -0.05) is 49.9 Å². The Morgan fingerprint density at radius 3 is 2.83 bits per heavy atom. The van der Waals surface area contributed by atoms with Crippen molar-refractivity contribution in [1.82, 2.24) is 20.1 Å². The zero-order chi connectivity index (χ0) is 20.5. The van der Waals surface area contributed by atoms with Gasteiger partial charge < -0.3 is 5.32 Å². The number of aromatic nitrogens is 3. The number of hydrogen-bond donors (Lipinski definition) is 1. The van der Waals surface area contributed by atoms with E-state index in [1.54, 1.807) is 0 Å². The molecule has 0 saturated carbocycles. The van der Waals surface area contributed by atoms with Crippen molar-refractivity contribution in [3.63, 3.8) is 0 Å². The molecule has 2 aliphatic heterocycles. The molecule has 3 aromatic rings. The fourth-order valence-corrected chi connectivity index (χ4v) is 5.84. The lowest BCUT2D eigenvalue weighted by molar-refractivity contribution is 0.645. The number of nitrogens with zero attached hydrogens (tertiary/aromatic N) is 4. The van der Waals surface area contributed by atoms with Crippen LogP contribution in [0.15, 0.2) is 29.3 Å². The maximum atomic E-state index is 6.16. The molecule has 1 aromatic carbocycles. The van der Waals surface area contributed by atoms with E-state index in [2.05, 4.69) is 39.1 Å². The zero-order valence-electron chi connectivity index (χ0n) is 17.2. The van der Waals surface area contributed by atoms with Crippen LogP contribution in [0, 0.1) is 0 Å². The van der Waals surface area contributed by atoms with Crippen molar-refractivity contribution in [2.24, 2.45) is 4.99 Å². The van der Waals surface area contributed by atoms with Gasteiger partial charge in [0.1, 0.15) is 17.4 Å². The lowest BCUT2D eigenvalue weighted by atomic mass is 9.96. The quantitative estimate of drug-likeness (QED) is 0.543. The second-order valence-corrected chi connectivity index (χ2v) is 9.48. The van der Waals surface area contributed by atoms with Crippen molar-refractivity contribution >= 4 is 28.6 Å².